The van der Waals surface area contributed by atoms with Gasteiger partial charge in [0.25, 0.3) is 0 Å². The van der Waals surface area contributed by atoms with E-state index in [4.69, 9.17) is 5.11 Å². The summed E-state index contributed by atoms with van der Waals surface area (Å²) < 4.78 is 0. The van der Waals surface area contributed by atoms with Gasteiger partial charge in [0.05, 0.1) is 6.04 Å². The van der Waals surface area contributed by atoms with Crippen molar-refractivity contribution in [1.29, 1.82) is 0 Å². The standard InChI is InChI=1S/C10H20N2O2/c1-8(11-2)10(14)12-5-3-4-9(6-12)7-13/h8-9,11,13H,3-7H2,1-2H3. The molecule has 2 atom stereocenters. The summed E-state index contributed by atoms with van der Waals surface area (Å²) in [4.78, 5) is 13.6. The van der Waals surface area contributed by atoms with Crippen LogP contribution in [0.2, 0.25) is 0 Å². The van der Waals surface area contributed by atoms with Crippen LogP contribution in [-0.4, -0.2) is 48.7 Å². The maximum Gasteiger partial charge on any atom is 0.239 e. The molecular formula is C10H20N2O2. The third-order valence-corrected chi connectivity index (χ3v) is 2.89. The first-order chi connectivity index (χ1) is 6.69. The Balaban J connectivity index is 2.47. The number of likely N-dealkylation sites (tertiary alicyclic amines) is 1. The Morgan fingerprint density at radius 1 is 1.71 bits per heavy atom. The predicted molar refractivity (Wildman–Crippen MR) is 54.9 cm³/mol. The van der Waals surface area contributed by atoms with Crippen LogP contribution in [0.25, 0.3) is 0 Å². The summed E-state index contributed by atoms with van der Waals surface area (Å²) in [5.74, 6) is 0.419. The van der Waals surface area contributed by atoms with E-state index in [0.29, 0.717) is 6.54 Å². The summed E-state index contributed by atoms with van der Waals surface area (Å²) in [6.45, 7) is 3.60. The molecule has 1 amide bonds. The van der Waals surface area contributed by atoms with Crippen LogP contribution in [0.4, 0.5) is 0 Å². The van der Waals surface area contributed by atoms with Gasteiger partial charge in [-0.3, -0.25) is 4.79 Å². The Hall–Kier alpha value is -0.610. The van der Waals surface area contributed by atoms with E-state index in [1.165, 1.54) is 0 Å². The Bertz CT molecular complexity index is 197. The van der Waals surface area contributed by atoms with Gasteiger partial charge in [-0.25, -0.2) is 0 Å². The molecule has 0 aromatic carbocycles. The highest BCUT2D eigenvalue weighted by molar-refractivity contribution is 5.81. The molecule has 1 aliphatic rings. The molecule has 0 aromatic rings. The summed E-state index contributed by atoms with van der Waals surface area (Å²) in [6, 6.07) is -0.118. The summed E-state index contributed by atoms with van der Waals surface area (Å²) in [5, 5.41) is 12.0. The van der Waals surface area contributed by atoms with Crippen LogP contribution in [0.15, 0.2) is 0 Å². The molecule has 4 heteroatoms. The zero-order chi connectivity index (χ0) is 10.6. The number of nitrogens with one attached hydrogen (secondary N) is 1. The van der Waals surface area contributed by atoms with Crippen molar-refractivity contribution >= 4 is 5.91 Å². The first-order valence-corrected chi connectivity index (χ1v) is 5.26. The Kier molecular flexibility index (Phi) is 4.35. The fourth-order valence-electron chi connectivity index (χ4n) is 1.81. The van der Waals surface area contributed by atoms with Gasteiger partial charge in [0.1, 0.15) is 0 Å². The Morgan fingerprint density at radius 3 is 3.00 bits per heavy atom. The number of carbonyl (C=O) groups excluding carboxylic acids is 1. The number of aliphatic hydroxyl groups excluding tert-OH is 1. The number of amides is 1. The number of nitrogens with zero attached hydrogens (tertiary/aromatic N) is 1. The second-order valence-corrected chi connectivity index (χ2v) is 3.99. The number of piperidine rings is 1. The van der Waals surface area contributed by atoms with Crippen LogP contribution in [0.1, 0.15) is 19.8 Å². The van der Waals surface area contributed by atoms with E-state index in [1.807, 2.05) is 11.8 Å². The van der Waals surface area contributed by atoms with Crippen LogP contribution >= 0.6 is 0 Å². The maximum atomic E-state index is 11.8. The third kappa shape index (κ3) is 2.69. The number of aliphatic hydroxyl groups is 1. The average Bonchev–Trinajstić information content (AvgIpc) is 2.27. The molecule has 1 fully saturated rings. The normalized spacial score (nSPS) is 24.8. The number of hydrogen-bond donors (Lipinski definition) is 2. The largest absolute Gasteiger partial charge is 0.396 e. The Morgan fingerprint density at radius 2 is 2.43 bits per heavy atom. The molecule has 0 aliphatic carbocycles. The van der Waals surface area contributed by atoms with Gasteiger partial charge < -0.3 is 15.3 Å². The van der Waals surface area contributed by atoms with E-state index < -0.39 is 0 Å². The fraction of sp³-hybridized carbons (Fsp3) is 0.900. The predicted octanol–water partition coefficient (Wildman–Crippen LogP) is -0.175. The smallest absolute Gasteiger partial charge is 0.239 e. The second-order valence-electron chi connectivity index (χ2n) is 3.99. The summed E-state index contributed by atoms with van der Waals surface area (Å²) in [6.07, 6.45) is 2.04. The number of carbonyl (C=O) groups is 1. The van der Waals surface area contributed by atoms with Gasteiger partial charge in [-0.2, -0.15) is 0 Å². The van der Waals surface area contributed by atoms with E-state index in [-0.39, 0.29) is 24.5 Å². The van der Waals surface area contributed by atoms with Crippen molar-refractivity contribution in [3.63, 3.8) is 0 Å². The molecule has 1 rings (SSSR count). The molecule has 0 bridgehead atoms. The molecule has 82 valence electrons. The van der Waals surface area contributed by atoms with E-state index in [9.17, 15) is 4.79 Å². The van der Waals surface area contributed by atoms with E-state index in [1.54, 1.807) is 7.05 Å². The maximum absolute atomic E-state index is 11.8. The molecule has 2 N–H and O–H groups in total. The lowest BCUT2D eigenvalue weighted by Crippen LogP contribution is -2.48. The number of likely N-dealkylation sites (N-methyl/N-ethyl adjacent to an activating group) is 1. The SMILES string of the molecule is CNC(C)C(=O)N1CCCC(CO)C1. The highest BCUT2D eigenvalue weighted by atomic mass is 16.3. The lowest BCUT2D eigenvalue weighted by atomic mass is 9.98. The highest BCUT2D eigenvalue weighted by Gasteiger charge is 2.25. The van der Waals surface area contributed by atoms with Crippen LogP contribution < -0.4 is 5.32 Å². The molecule has 14 heavy (non-hydrogen) atoms. The molecule has 0 aromatic heterocycles. The van der Waals surface area contributed by atoms with E-state index in [2.05, 4.69) is 5.32 Å². The highest BCUT2D eigenvalue weighted by Crippen LogP contribution is 2.16. The summed E-state index contributed by atoms with van der Waals surface area (Å²) in [7, 11) is 1.79. The van der Waals surface area contributed by atoms with Gasteiger partial charge >= 0.3 is 0 Å². The third-order valence-electron chi connectivity index (χ3n) is 2.89. The fourth-order valence-corrected chi connectivity index (χ4v) is 1.81. The van der Waals surface area contributed by atoms with Gasteiger partial charge in [0.2, 0.25) is 5.91 Å². The van der Waals surface area contributed by atoms with Crippen molar-refractivity contribution in [2.24, 2.45) is 5.92 Å². The molecule has 4 nitrogen and oxygen atoms in total. The van der Waals surface area contributed by atoms with Crippen LogP contribution in [0.5, 0.6) is 0 Å². The molecule has 1 saturated heterocycles. The number of hydrogen-bond acceptors (Lipinski definition) is 3. The molecule has 0 saturated carbocycles. The van der Waals surface area contributed by atoms with Gasteiger partial charge in [-0.1, -0.05) is 0 Å². The van der Waals surface area contributed by atoms with E-state index in [0.717, 1.165) is 19.4 Å². The molecule has 1 aliphatic heterocycles. The first-order valence-electron chi connectivity index (χ1n) is 5.26. The molecule has 0 spiro atoms. The quantitative estimate of drug-likeness (QED) is 0.665. The minimum absolute atomic E-state index is 0.118. The van der Waals surface area contributed by atoms with Crippen molar-refractivity contribution in [2.45, 2.75) is 25.8 Å². The van der Waals surface area contributed by atoms with Crippen molar-refractivity contribution < 1.29 is 9.90 Å². The zero-order valence-electron chi connectivity index (χ0n) is 8.99. The van der Waals surface area contributed by atoms with E-state index >= 15 is 0 Å². The molecule has 0 radical (unpaired) electrons. The van der Waals surface area contributed by atoms with Crippen LogP contribution in [0.3, 0.4) is 0 Å². The van der Waals surface area contributed by atoms with Gasteiger partial charge in [0.15, 0.2) is 0 Å². The average molecular weight is 200 g/mol. The van der Waals surface area contributed by atoms with Gasteiger partial charge in [0, 0.05) is 19.7 Å². The minimum atomic E-state index is -0.118. The van der Waals surface area contributed by atoms with Crippen molar-refractivity contribution in [1.82, 2.24) is 10.2 Å². The summed E-state index contributed by atoms with van der Waals surface area (Å²) in [5.41, 5.74) is 0. The first kappa shape index (κ1) is 11.5. The topological polar surface area (TPSA) is 52.6 Å². The summed E-state index contributed by atoms with van der Waals surface area (Å²) >= 11 is 0. The van der Waals surface area contributed by atoms with Crippen LogP contribution in [-0.2, 0) is 4.79 Å². The monoisotopic (exact) mass is 200 g/mol. The molecular weight excluding hydrogens is 180 g/mol. The lowest BCUT2D eigenvalue weighted by Gasteiger charge is -2.33. The molecule has 1 heterocycles. The van der Waals surface area contributed by atoms with Crippen LogP contribution in [0, 0.1) is 5.92 Å². The zero-order valence-corrected chi connectivity index (χ0v) is 8.99. The van der Waals surface area contributed by atoms with Gasteiger partial charge in [-0.05, 0) is 32.7 Å². The van der Waals surface area contributed by atoms with Crippen molar-refractivity contribution in [3.8, 4) is 0 Å². The van der Waals surface area contributed by atoms with Crippen molar-refractivity contribution in [2.75, 3.05) is 26.7 Å². The Labute approximate surface area is 85.3 Å². The molecule has 2 unspecified atom stereocenters. The second kappa shape index (κ2) is 5.32. The number of rotatable bonds is 3. The van der Waals surface area contributed by atoms with Crippen molar-refractivity contribution in [3.05, 3.63) is 0 Å². The van der Waals surface area contributed by atoms with Gasteiger partial charge in [-0.15, -0.1) is 0 Å². The lowest BCUT2D eigenvalue weighted by molar-refractivity contribution is -0.135. The minimum Gasteiger partial charge on any atom is -0.396 e.